The van der Waals surface area contributed by atoms with Crippen LogP contribution < -0.4 is 0 Å². The molecule has 6 rings (SSSR count). The number of hydrogen-bond donors (Lipinski definition) is 4. The van der Waals surface area contributed by atoms with Crippen molar-refractivity contribution in [1.29, 1.82) is 0 Å². The number of carbonyl (C=O) groups is 2. The molecule has 14 unspecified atom stereocenters. The van der Waals surface area contributed by atoms with Crippen LogP contribution in [0.25, 0.3) is 0 Å². The minimum atomic E-state index is -1.21. The number of rotatable bonds is 7. The molecule has 0 radical (unpaired) electrons. The smallest absolute Gasteiger partial charge is 0.331 e. The Kier molecular flexibility index (Phi) is 18.1. The molecule has 59 heavy (non-hydrogen) atoms. The molecular formula is C47H65NO11. The van der Waals surface area contributed by atoms with E-state index in [1.165, 1.54) is 6.08 Å². The normalized spacial score (nSPS) is 38.5. The van der Waals surface area contributed by atoms with Gasteiger partial charge in [0.15, 0.2) is 6.10 Å². The van der Waals surface area contributed by atoms with Crippen LogP contribution in [-0.2, 0) is 33.3 Å². The second kappa shape index (κ2) is 23.2. The van der Waals surface area contributed by atoms with Crippen LogP contribution in [0.2, 0.25) is 0 Å². The predicted octanol–water partition coefficient (Wildman–Crippen LogP) is 7.27. The van der Waals surface area contributed by atoms with Crippen molar-refractivity contribution < 1.29 is 53.8 Å². The van der Waals surface area contributed by atoms with Crippen LogP contribution in [0.5, 0.6) is 0 Å². The number of aliphatic hydroxyl groups is 2. The maximum atomic E-state index is 13.0. The third kappa shape index (κ3) is 13.8. The molecule has 0 aromatic carbocycles. The first kappa shape index (κ1) is 46.2. The molecule has 3 fully saturated rings. The molecule has 0 aromatic heterocycles. The first-order valence-corrected chi connectivity index (χ1v) is 21.4. The lowest BCUT2D eigenvalue weighted by Crippen LogP contribution is -2.48. The molecule has 0 saturated carbocycles. The molecule has 0 aromatic rings. The molecule has 0 spiro atoms. The summed E-state index contributed by atoms with van der Waals surface area (Å²) < 4.78 is 31.6. The number of nitrogens with zero attached hydrogens (tertiary/aromatic N) is 1. The van der Waals surface area contributed by atoms with Gasteiger partial charge in [-0.15, -0.1) is 0 Å². The van der Waals surface area contributed by atoms with E-state index in [0.717, 1.165) is 24.8 Å². The van der Waals surface area contributed by atoms with Crippen molar-refractivity contribution in [2.75, 3.05) is 0 Å². The molecule has 7 bridgehead atoms. The molecule has 6 aliphatic heterocycles. The van der Waals surface area contributed by atoms with Crippen LogP contribution in [0.3, 0.4) is 0 Å². The average molecular weight is 820 g/mol. The van der Waals surface area contributed by atoms with Gasteiger partial charge in [0.25, 0.3) is 0 Å². The van der Waals surface area contributed by atoms with Gasteiger partial charge in [0.05, 0.1) is 42.3 Å². The molecule has 4 N–H and O–H groups in total. The van der Waals surface area contributed by atoms with Crippen molar-refractivity contribution in [3.8, 4) is 0 Å². The number of aliphatic hydroxyl groups excluding tert-OH is 2. The monoisotopic (exact) mass is 819 g/mol. The lowest BCUT2D eigenvalue weighted by molar-refractivity contribution is -0.148. The second-order valence-electron chi connectivity index (χ2n) is 16.6. The summed E-state index contributed by atoms with van der Waals surface area (Å²) in [6.45, 7) is 8.13. The van der Waals surface area contributed by atoms with E-state index in [0.29, 0.717) is 37.8 Å². The third-order valence-corrected chi connectivity index (χ3v) is 11.9. The Hall–Kier alpha value is -3.91. The van der Waals surface area contributed by atoms with Crippen molar-refractivity contribution >= 4 is 17.7 Å². The summed E-state index contributed by atoms with van der Waals surface area (Å²) in [6.07, 6.45) is 28.6. The van der Waals surface area contributed by atoms with E-state index in [1.807, 2.05) is 74.6 Å². The van der Waals surface area contributed by atoms with Gasteiger partial charge in [0.2, 0.25) is 0 Å². The maximum Gasteiger partial charge on any atom is 0.331 e. The number of unbranched alkanes of at least 4 members (excludes halogenated alkanes) is 1. The topological polar surface area (TPSA) is 174 Å². The Bertz CT molecular complexity index is 1660. The summed E-state index contributed by atoms with van der Waals surface area (Å²) in [4.78, 5) is 23.9. The van der Waals surface area contributed by atoms with Crippen molar-refractivity contribution in [2.45, 2.75) is 159 Å². The number of oxime groups is 1. The van der Waals surface area contributed by atoms with E-state index < -0.39 is 42.5 Å². The van der Waals surface area contributed by atoms with Crippen LogP contribution >= 0.6 is 0 Å². The number of carboxylic acids is 1. The average Bonchev–Trinajstić information content (AvgIpc) is 3.56. The van der Waals surface area contributed by atoms with Crippen LogP contribution in [0.4, 0.5) is 0 Å². The Morgan fingerprint density at radius 2 is 1.61 bits per heavy atom. The van der Waals surface area contributed by atoms with E-state index in [4.69, 9.17) is 28.8 Å². The summed E-state index contributed by atoms with van der Waals surface area (Å²) >= 11 is 0. The van der Waals surface area contributed by atoms with Crippen molar-refractivity contribution in [1.82, 2.24) is 0 Å². The number of carboxylic acid groups (broad SMARTS) is 1. The molecule has 14 atom stereocenters. The Morgan fingerprint density at radius 1 is 0.831 bits per heavy atom. The van der Waals surface area contributed by atoms with E-state index in [2.05, 4.69) is 25.1 Å². The summed E-state index contributed by atoms with van der Waals surface area (Å²) in [5.41, 5.74) is 1.47. The highest BCUT2D eigenvalue weighted by atomic mass is 16.6. The predicted molar refractivity (Wildman–Crippen MR) is 225 cm³/mol. The Morgan fingerprint density at radius 3 is 2.41 bits per heavy atom. The van der Waals surface area contributed by atoms with Crippen LogP contribution in [-0.4, -0.2) is 105 Å². The highest BCUT2D eigenvalue weighted by molar-refractivity contribution is 5.87. The number of aliphatic carboxylic acids is 1. The first-order valence-electron chi connectivity index (χ1n) is 21.4. The zero-order valence-electron chi connectivity index (χ0n) is 34.9. The largest absolute Gasteiger partial charge is 0.481 e. The van der Waals surface area contributed by atoms with Crippen molar-refractivity contribution in [2.24, 2.45) is 22.9 Å². The first-order chi connectivity index (χ1) is 28.4. The standard InChI is InChI=1S/C47H65NO11/c1-30(17-14-15-23-44(50)51)27-31(2)47-40-26-25-34(55-47)18-10-6-5-7-11-19-36(49)46(53)43-28-35(48-54)32(3)37(57-43)21-16-22-38-33(4)41-29-42(56-38)39(58-41)20-12-8-9-13-24-45(52)59-40/h6,8-13,16,19-20,22,24-27,30,32-34,36-43,46-47,49,53-54H,5,7,14-15,17-18,21,23,28-29H2,1-4H3,(H,50,51)/b9-8?,10-6?,19-11-,20-12?,22-16?,24-13+,31-27?,48-35+. The molecule has 12 heteroatoms. The zero-order chi connectivity index (χ0) is 42.3. The number of fused-ring (bicyclic) bond motifs is 13. The molecule has 6 heterocycles. The Balaban J connectivity index is 1.30. The molecular weight excluding hydrogens is 755 g/mol. The summed E-state index contributed by atoms with van der Waals surface area (Å²) in [7, 11) is 0. The maximum absolute atomic E-state index is 13.0. The number of ether oxygens (including phenoxy) is 5. The molecule has 324 valence electrons. The van der Waals surface area contributed by atoms with Gasteiger partial charge in [-0.3, -0.25) is 4.79 Å². The number of carbonyl (C=O) groups excluding carboxylic acids is 1. The lowest BCUT2D eigenvalue weighted by Gasteiger charge is -2.38. The van der Waals surface area contributed by atoms with Gasteiger partial charge < -0.3 is 44.2 Å². The van der Waals surface area contributed by atoms with E-state index in [-0.39, 0.29) is 67.2 Å². The summed E-state index contributed by atoms with van der Waals surface area (Å²) in [5, 5.41) is 44.3. The highest BCUT2D eigenvalue weighted by Gasteiger charge is 2.45. The minimum absolute atomic E-state index is 0.0382. The van der Waals surface area contributed by atoms with Gasteiger partial charge in [-0.25, -0.2) is 4.79 Å². The Labute approximate surface area is 349 Å². The number of esters is 1. The van der Waals surface area contributed by atoms with Crippen LogP contribution in [0.1, 0.15) is 91.9 Å². The lowest BCUT2D eigenvalue weighted by atomic mass is 9.86. The van der Waals surface area contributed by atoms with Gasteiger partial charge in [0, 0.05) is 37.2 Å². The molecule has 6 aliphatic rings. The highest BCUT2D eigenvalue weighted by Crippen LogP contribution is 2.38. The summed E-state index contributed by atoms with van der Waals surface area (Å²) in [5.74, 6) is -1.15. The van der Waals surface area contributed by atoms with Crippen LogP contribution in [0, 0.1) is 17.8 Å². The molecule has 0 amide bonds. The molecule has 0 aliphatic carbocycles. The van der Waals surface area contributed by atoms with E-state index in [9.17, 15) is 25.0 Å². The third-order valence-electron chi connectivity index (χ3n) is 11.9. The fourth-order valence-electron chi connectivity index (χ4n) is 8.38. The van der Waals surface area contributed by atoms with Gasteiger partial charge in [0.1, 0.15) is 24.4 Å². The number of allylic oxidation sites excluding steroid dienone is 7. The SMILES string of the molecule is CC(=CC(C)CCCCC(=O)O)C1OC2C=CC1OC(=O)/C=C/C=CC=CC1OC3CC1OC(C=CCC1OC(C/C(=N\O)C1C)C(O)C(O)/C=C\CCC=CC2)C3C. The van der Waals surface area contributed by atoms with E-state index >= 15 is 0 Å². The quantitative estimate of drug-likeness (QED) is 0.0669. The minimum Gasteiger partial charge on any atom is -0.481 e. The van der Waals surface area contributed by atoms with Crippen LogP contribution in [0.15, 0.2) is 102 Å². The summed E-state index contributed by atoms with van der Waals surface area (Å²) in [6, 6.07) is 0. The fourth-order valence-corrected chi connectivity index (χ4v) is 8.38. The van der Waals surface area contributed by atoms with Gasteiger partial charge in [-0.05, 0) is 63.0 Å². The van der Waals surface area contributed by atoms with Crippen molar-refractivity contribution in [3.63, 3.8) is 0 Å². The number of hydrogen-bond acceptors (Lipinski definition) is 11. The fraction of sp³-hybridized carbons (Fsp3) is 0.596. The molecule has 12 nitrogen and oxygen atoms in total. The second-order valence-corrected chi connectivity index (χ2v) is 16.6. The zero-order valence-corrected chi connectivity index (χ0v) is 34.9. The van der Waals surface area contributed by atoms with E-state index in [1.54, 1.807) is 18.2 Å². The van der Waals surface area contributed by atoms with Gasteiger partial charge in [-0.1, -0.05) is 111 Å². The molecule has 3 saturated heterocycles. The van der Waals surface area contributed by atoms with Gasteiger partial charge >= 0.3 is 11.9 Å². The van der Waals surface area contributed by atoms with Gasteiger partial charge in [-0.2, -0.15) is 0 Å². The van der Waals surface area contributed by atoms with Crippen molar-refractivity contribution in [3.05, 3.63) is 96.7 Å².